The average Bonchev–Trinajstić information content (AvgIpc) is 3.12. The molecule has 30 heavy (non-hydrogen) atoms. The van der Waals surface area contributed by atoms with Gasteiger partial charge in [0.25, 0.3) is 0 Å². The Hall–Kier alpha value is -1.92. The minimum atomic E-state index is -3.59. The van der Waals surface area contributed by atoms with Crippen molar-refractivity contribution >= 4 is 16.1 Å². The molecular weight excluding hydrogens is 414 g/mol. The second kappa shape index (κ2) is 9.92. The first-order valence-corrected chi connectivity index (χ1v) is 11.4. The zero-order chi connectivity index (χ0) is 21.6. The van der Waals surface area contributed by atoms with Crippen LogP contribution in [0.15, 0.2) is 29.2 Å². The lowest BCUT2D eigenvalue weighted by Crippen LogP contribution is -2.43. The SMILES string of the molecule is CNS(=O)(=O)c1cccc(OCC(O)COC(=O)N[C@@H]2COC3(CCNCC3)C2)c1. The third-order valence-electron chi connectivity index (χ3n) is 5.28. The van der Waals surface area contributed by atoms with E-state index < -0.39 is 22.2 Å². The summed E-state index contributed by atoms with van der Waals surface area (Å²) in [6.45, 7) is 1.87. The minimum Gasteiger partial charge on any atom is -0.491 e. The molecule has 2 aliphatic heterocycles. The van der Waals surface area contributed by atoms with Crippen LogP contribution in [0.2, 0.25) is 0 Å². The lowest BCUT2D eigenvalue weighted by atomic mass is 9.88. The molecule has 4 N–H and O–H groups in total. The predicted molar refractivity (Wildman–Crippen MR) is 108 cm³/mol. The molecule has 0 saturated carbocycles. The molecule has 1 unspecified atom stereocenters. The van der Waals surface area contributed by atoms with Crippen LogP contribution in [0.5, 0.6) is 5.75 Å². The summed E-state index contributed by atoms with van der Waals surface area (Å²) in [7, 11) is -2.27. The number of aliphatic hydroxyl groups is 1. The van der Waals surface area contributed by atoms with Gasteiger partial charge in [-0.1, -0.05) is 6.07 Å². The third-order valence-corrected chi connectivity index (χ3v) is 6.69. The molecule has 2 heterocycles. The molecule has 2 atom stereocenters. The van der Waals surface area contributed by atoms with E-state index >= 15 is 0 Å². The van der Waals surface area contributed by atoms with Crippen LogP contribution < -0.4 is 20.1 Å². The number of carbonyl (C=O) groups is 1. The standard InChI is InChI=1S/C19H29N3O7S/c1-20-30(25,26)17-4-2-3-16(9-17)27-12-15(23)13-28-18(24)22-14-10-19(29-11-14)5-7-21-8-6-19/h2-4,9,14-15,20-21,23H,5-8,10-13H2,1H3,(H,22,24)/t14-,15?/m0/s1. The fourth-order valence-corrected chi connectivity index (χ4v) is 4.40. The van der Waals surface area contributed by atoms with E-state index in [9.17, 15) is 18.3 Å². The maximum Gasteiger partial charge on any atom is 0.407 e. The molecule has 1 amide bonds. The highest BCUT2D eigenvalue weighted by Gasteiger charge is 2.41. The van der Waals surface area contributed by atoms with Crippen LogP contribution in [0.3, 0.4) is 0 Å². The number of nitrogens with one attached hydrogen (secondary N) is 3. The molecule has 0 radical (unpaired) electrons. The monoisotopic (exact) mass is 443 g/mol. The van der Waals surface area contributed by atoms with Crippen molar-refractivity contribution in [1.29, 1.82) is 0 Å². The first kappa shape index (κ1) is 22.8. The summed E-state index contributed by atoms with van der Waals surface area (Å²) < 4.78 is 42.3. The second-order valence-electron chi connectivity index (χ2n) is 7.54. The molecule has 0 bridgehead atoms. The fraction of sp³-hybridized carbons (Fsp3) is 0.632. The van der Waals surface area contributed by atoms with Gasteiger partial charge in [-0.3, -0.25) is 0 Å². The van der Waals surface area contributed by atoms with E-state index in [0.29, 0.717) is 6.61 Å². The number of aliphatic hydroxyl groups excluding tert-OH is 1. The average molecular weight is 444 g/mol. The highest BCUT2D eigenvalue weighted by Crippen LogP contribution is 2.33. The molecule has 3 rings (SSSR count). The van der Waals surface area contributed by atoms with Gasteiger partial charge < -0.3 is 30.0 Å². The van der Waals surface area contributed by atoms with E-state index in [1.807, 2.05) is 0 Å². The van der Waals surface area contributed by atoms with Gasteiger partial charge in [-0.15, -0.1) is 0 Å². The van der Waals surface area contributed by atoms with E-state index in [0.717, 1.165) is 32.4 Å². The molecule has 2 aliphatic rings. The van der Waals surface area contributed by atoms with Crippen LogP contribution >= 0.6 is 0 Å². The number of amides is 1. The van der Waals surface area contributed by atoms with Crippen LogP contribution in [0.1, 0.15) is 19.3 Å². The number of rotatable bonds is 8. The van der Waals surface area contributed by atoms with Crippen LogP contribution in [0.25, 0.3) is 0 Å². The van der Waals surface area contributed by atoms with Crippen molar-refractivity contribution in [1.82, 2.24) is 15.4 Å². The Kier molecular flexibility index (Phi) is 7.53. The molecule has 2 fully saturated rings. The zero-order valence-corrected chi connectivity index (χ0v) is 17.7. The number of piperidine rings is 1. The van der Waals surface area contributed by atoms with Gasteiger partial charge in [0.15, 0.2) is 0 Å². The Labute approximate surface area is 176 Å². The van der Waals surface area contributed by atoms with Crippen molar-refractivity contribution in [3.8, 4) is 5.75 Å². The quantitative estimate of drug-likeness (QED) is 0.440. The largest absolute Gasteiger partial charge is 0.491 e. The lowest BCUT2D eigenvalue weighted by molar-refractivity contribution is -0.0194. The van der Waals surface area contributed by atoms with Gasteiger partial charge in [0.05, 0.1) is 23.1 Å². The molecule has 168 valence electrons. The molecule has 1 aromatic carbocycles. The molecule has 10 nitrogen and oxygen atoms in total. The zero-order valence-electron chi connectivity index (χ0n) is 16.9. The first-order valence-electron chi connectivity index (χ1n) is 9.94. The second-order valence-corrected chi connectivity index (χ2v) is 9.42. The van der Waals surface area contributed by atoms with Crippen LogP contribution in [-0.4, -0.2) is 77.3 Å². The number of carbonyl (C=O) groups excluding carboxylic acids is 1. The summed E-state index contributed by atoms with van der Waals surface area (Å²) >= 11 is 0. The number of hydrogen-bond donors (Lipinski definition) is 4. The Morgan fingerprint density at radius 2 is 2.13 bits per heavy atom. The smallest absolute Gasteiger partial charge is 0.407 e. The van der Waals surface area contributed by atoms with Gasteiger partial charge in [0.2, 0.25) is 10.0 Å². The van der Waals surface area contributed by atoms with Gasteiger partial charge in [-0.2, -0.15) is 0 Å². The summed E-state index contributed by atoms with van der Waals surface area (Å²) in [4.78, 5) is 12.1. The van der Waals surface area contributed by atoms with E-state index in [1.165, 1.54) is 25.2 Å². The number of hydrogen-bond acceptors (Lipinski definition) is 8. The fourth-order valence-electron chi connectivity index (χ4n) is 3.64. The maximum absolute atomic E-state index is 12.0. The van der Waals surface area contributed by atoms with Crippen molar-refractivity contribution in [2.45, 2.75) is 41.9 Å². The highest BCUT2D eigenvalue weighted by molar-refractivity contribution is 7.89. The minimum absolute atomic E-state index is 0.0536. The van der Waals surface area contributed by atoms with Gasteiger partial charge in [-0.05, 0) is 51.5 Å². The van der Waals surface area contributed by atoms with Crippen LogP contribution in [0.4, 0.5) is 4.79 Å². The molecule has 2 saturated heterocycles. The lowest BCUT2D eigenvalue weighted by Gasteiger charge is -2.32. The molecular formula is C19H29N3O7S. The Bertz CT molecular complexity index is 827. The summed E-state index contributed by atoms with van der Waals surface area (Å²) in [5.41, 5.74) is -0.161. The van der Waals surface area contributed by atoms with Gasteiger partial charge in [0.1, 0.15) is 25.1 Å². The number of sulfonamides is 1. The number of ether oxygens (including phenoxy) is 3. The van der Waals surface area contributed by atoms with Gasteiger partial charge in [0, 0.05) is 6.07 Å². The Morgan fingerprint density at radius 1 is 1.37 bits per heavy atom. The van der Waals surface area contributed by atoms with Crippen molar-refractivity contribution in [2.75, 3.05) is 40.0 Å². The van der Waals surface area contributed by atoms with Gasteiger partial charge in [-0.25, -0.2) is 17.9 Å². The Morgan fingerprint density at radius 3 is 2.87 bits per heavy atom. The third kappa shape index (κ3) is 6.05. The highest BCUT2D eigenvalue weighted by atomic mass is 32.2. The maximum atomic E-state index is 12.0. The number of benzene rings is 1. The normalized spacial score (nSPS) is 21.9. The van der Waals surface area contributed by atoms with Crippen molar-refractivity contribution in [3.05, 3.63) is 24.3 Å². The van der Waals surface area contributed by atoms with E-state index in [2.05, 4.69) is 15.4 Å². The van der Waals surface area contributed by atoms with Gasteiger partial charge >= 0.3 is 6.09 Å². The van der Waals surface area contributed by atoms with Crippen molar-refractivity contribution in [3.63, 3.8) is 0 Å². The van der Waals surface area contributed by atoms with Crippen LogP contribution in [0, 0.1) is 0 Å². The van der Waals surface area contributed by atoms with E-state index in [4.69, 9.17) is 14.2 Å². The van der Waals surface area contributed by atoms with E-state index in [1.54, 1.807) is 6.07 Å². The molecule has 11 heteroatoms. The Balaban J connectivity index is 1.38. The molecule has 0 aliphatic carbocycles. The number of alkyl carbamates (subject to hydrolysis) is 1. The molecule has 1 spiro atoms. The van der Waals surface area contributed by atoms with E-state index in [-0.39, 0.29) is 35.5 Å². The summed E-state index contributed by atoms with van der Waals surface area (Å²) in [6, 6.07) is 5.78. The molecule has 1 aromatic rings. The van der Waals surface area contributed by atoms with Crippen molar-refractivity contribution < 1.29 is 32.5 Å². The summed E-state index contributed by atoms with van der Waals surface area (Å²) in [5.74, 6) is 0.283. The first-order chi connectivity index (χ1) is 14.3. The summed E-state index contributed by atoms with van der Waals surface area (Å²) in [5, 5.41) is 16.1. The molecule has 0 aromatic heterocycles. The van der Waals surface area contributed by atoms with Crippen LogP contribution in [-0.2, 0) is 19.5 Å². The van der Waals surface area contributed by atoms with Crippen molar-refractivity contribution in [2.24, 2.45) is 0 Å². The topological polar surface area (TPSA) is 135 Å². The summed E-state index contributed by atoms with van der Waals surface area (Å²) in [6.07, 6.45) is 0.924. The predicted octanol–water partition coefficient (Wildman–Crippen LogP) is -0.0283.